The number of sulfonamides is 1. The van der Waals surface area contributed by atoms with Crippen LogP contribution in [-0.2, 0) is 32.6 Å². The summed E-state index contributed by atoms with van der Waals surface area (Å²) in [4.78, 5) is 28.7. The molecule has 214 valence electrons. The predicted octanol–water partition coefficient (Wildman–Crippen LogP) is 5.28. The first-order chi connectivity index (χ1) is 19.0. The molecule has 1 N–H and O–H groups in total. The van der Waals surface area contributed by atoms with Gasteiger partial charge in [0.2, 0.25) is 21.8 Å². The molecule has 0 spiro atoms. The van der Waals surface area contributed by atoms with Gasteiger partial charge in [-0.3, -0.25) is 13.9 Å². The van der Waals surface area contributed by atoms with E-state index in [4.69, 9.17) is 11.6 Å². The number of carbonyl (C=O) groups is 2. The largest absolute Gasteiger partial charge is 0.355 e. The Hall–Kier alpha value is -3.36. The topological polar surface area (TPSA) is 86.8 Å². The molecule has 1 atom stereocenters. The van der Waals surface area contributed by atoms with Gasteiger partial charge in [-0.25, -0.2) is 8.42 Å². The zero-order valence-electron chi connectivity index (χ0n) is 23.6. The molecule has 0 radical (unpaired) electrons. The highest BCUT2D eigenvalue weighted by Crippen LogP contribution is 2.26. The van der Waals surface area contributed by atoms with Crippen molar-refractivity contribution in [3.8, 4) is 0 Å². The molecule has 3 aromatic rings. The van der Waals surface area contributed by atoms with Gasteiger partial charge in [-0.05, 0) is 61.6 Å². The zero-order valence-corrected chi connectivity index (χ0v) is 25.1. The first kappa shape index (κ1) is 31.2. The van der Waals surface area contributed by atoms with Crippen LogP contribution in [0.5, 0.6) is 0 Å². The lowest BCUT2D eigenvalue weighted by molar-refractivity contribution is -0.141. The Labute approximate surface area is 243 Å². The zero-order chi connectivity index (χ0) is 29.3. The number of amides is 2. The lowest BCUT2D eigenvalue weighted by Crippen LogP contribution is -2.50. The van der Waals surface area contributed by atoms with Crippen molar-refractivity contribution >= 4 is 39.1 Å². The molecule has 9 heteroatoms. The van der Waals surface area contributed by atoms with Crippen LogP contribution in [0, 0.1) is 13.8 Å². The molecule has 0 aliphatic rings. The van der Waals surface area contributed by atoms with Crippen molar-refractivity contribution in [2.75, 3.05) is 23.7 Å². The summed E-state index contributed by atoms with van der Waals surface area (Å²) in [5.74, 6) is -0.499. The van der Waals surface area contributed by atoms with Crippen LogP contribution in [0.1, 0.15) is 42.0 Å². The van der Waals surface area contributed by atoms with E-state index in [1.165, 1.54) is 10.6 Å². The molecule has 0 bridgehead atoms. The number of anilines is 1. The molecule has 3 rings (SSSR count). The molecule has 0 aliphatic carbocycles. The minimum absolute atomic E-state index is 0.0615. The minimum Gasteiger partial charge on any atom is -0.355 e. The van der Waals surface area contributed by atoms with E-state index in [0.717, 1.165) is 22.3 Å². The van der Waals surface area contributed by atoms with E-state index in [1.807, 2.05) is 81.4 Å². The number of carbonyl (C=O) groups excluding carboxylic acids is 2. The molecular formula is C31H38ClN3O4S. The molecule has 0 saturated heterocycles. The average Bonchev–Trinajstić information content (AvgIpc) is 2.91. The fourth-order valence-corrected chi connectivity index (χ4v) is 5.86. The molecule has 0 aromatic heterocycles. The summed E-state index contributed by atoms with van der Waals surface area (Å²) in [6, 6.07) is 21.6. The van der Waals surface area contributed by atoms with Crippen molar-refractivity contribution in [1.82, 2.24) is 10.2 Å². The Morgan fingerprint density at radius 1 is 0.950 bits per heavy atom. The highest BCUT2D eigenvalue weighted by Gasteiger charge is 2.30. The van der Waals surface area contributed by atoms with Crippen LogP contribution in [0.2, 0.25) is 5.02 Å². The van der Waals surface area contributed by atoms with Crippen molar-refractivity contribution in [3.05, 3.63) is 100 Å². The van der Waals surface area contributed by atoms with E-state index in [0.29, 0.717) is 23.7 Å². The summed E-state index contributed by atoms with van der Waals surface area (Å²) in [5, 5.41) is 3.38. The van der Waals surface area contributed by atoms with Gasteiger partial charge in [0.05, 0.1) is 11.9 Å². The predicted molar refractivity (Wildman–Crippen MR) is 162 cm³/mol. The second-order valence-electron chi connectivity index (χ2n) is 9.87. The van der Waals surface area contributed by atoms with E-state index in [9.17, 15) is 18.0 Å². The molecule has 0 heterocycles. The van der Waals surface area contributed by atoms with Crippen LogP contribution >= 0.6 is 11.6 Å². The Kier molecular flexibility index (Phi) is 11.2. The number of hydrogen-bond acceptors (Lipinski definition) is 4. The van der Waals surface area contributed by atoms with Crippen molar-refractivity contribution in [2.45, 2.75) is 52.6 Å². The number of likely N-dealkylation sites (N-methyl/N-ethyl adjacent to an activating group) is 1. The van der Waals surface area contributed by atoms with Gasteiger partial charge in [-0.1, -0.05) is 72.3 Å². The summed E-state index contributed by atoms with van der Waals surface area (Å²) < 4.78 is 26.8. The summed E-state index contributed by atoms with van der Waals surface area (Å²) >= 11 is 6.46. The number of rotatable bonds is 13. The molecule has 2 amide bonds. The maximum atomic E-state index is 13.8. The standard InChI is InChI=1S/C31H38ClN3O4S/c1-5-33-31(37)29(21-25-14-7-6-8-15-25)34(22-26-16-9-10-17-27(26)32)30(36)19-12-20-35(40(4,38)39)28-18-11-13-23(2)24(28)3/h6-11,13-18,29H,5,12,19-22H2,1-4H3,(H,33,37)/t29-/m1/s1. The molecule has 0 unspecified atom stereocenters. The second-order valence-corrected chi connectivity index (χ2v) is 12.2. The van der Waals surface area contributed by atoms with Gasteiger partial charge >= 0.3 is 0 Å². The van der Waals surface area contributed by atoms with E-state index < -0.39 is 16.1 Å². The van der Waals surface area contributed by atoms with Gasteiger partial charge in [0.15, 0.2) is 0 Å². The monoisotopic (exact) mass is 583 g/mol. The number of nitrogens with one attached hydrogen (secondary N) is 1. The lowest BCUT2D eigenvalue weighted by atomic mass is 10.0. The third-order valence-electron chi connectivity index (χ3n) is 6.92. The number of benzene rings is 3. The van der Waals surface area contributed by atoms with Gasteiger partial charge < -0.3 is 10.2 Å². The van der Waals surface area contributed by atoms with Crippen LogP contribution in [0.4, 0.5) is 5.69 Å². The lowest BCUT2D eigenvalue weighted by Gasteiger charge is -2.32. The maximum absolute atomic E-state index is 13.8. The van der Waals surface area contributed by atoms with Crippen molar-refractivity contribution in [3.63, 3.8) is 0 Å². The normalized spacial score (nSPS) is 12.0. The summed E-state index contributed by atoms with van der Waals surface area (Å²) in [6.07, 6.45) is 1.85. The number of aryl methyl sites for hydroxylation is 1. The second kappa shape index (κ2) is 14.3. The molecule has 3 aromatic carbocycles. The summed E-state index contributed by atoms with van der Waals surface area (Å²) in [5.41, 5.74) is 4.12. The Morgan fingerprint density at radius 3 is 2.27 bits per heavy atom. The van der Waals surface area contributed by atoms with E-state index in [2.05, 4.69) is 5.32 Å². The average molecular weight is 584 g/mol. The first-order valence-corrected chi connectivity index (χ1v) is 15.6. The third-order valence-corrected chi connectivity index (χ3v) is 8.47. The Bertz CT molecular complexity index is 1410. The van der Waals surface area contributed by atoms with E-state index in [1.54, 1.807) is 17.0 Å². The van der Waals surface area contributed by atoms with Crippen LogP contribution in [0.25, 0.3) is 0 Å². The fourth-order valence-electron chi connectivity index (χ4n) is 4.64. The quantitative estimate of drug-likeness (QED) is 0.297. The Morgan fingerprint density at radius 2 is 1.62 bits per heavy atom. The molecule has 7 nitrogen and oxygen atoms in total. The van der Waals surface area contributed by atoms with Crippen LogP contribution in [0.15, 0.2) is 72.8 Å². The fraction of sp³-hybridized carbons (Fsp3) is 0.355. The smallest absolute Gasteiger partial charge is 0.243 e. The van der Waals surface area contributed by atoms with E-state index >= 15 is 0 Å². The van der Waals surface area contributed by atoms with Crippen molar-refractivity contribution in [2.24, 2.45) is 0 Å². The highest BCUT2D eigenvalue weighted by molar-refractivity contribution is 7.92. The molecule has 0 fully saturated rings. The van der Waals surface area contributed by atoms with Gasteiger partial charge in [-0.15, -0.1) is 0 Å². The van der Waals surface area contributed by atoms with Gasteiger partial charge in [0, 0.05) is 37.5 Å². The minimum atomic E-state index is -3.58. The molecule has 0 saturated carbocycles. The maximum Gasteiger partial charge on any atom is 0.243 e. The van der Waals surface area contributed by atoms with Crippen LogP contribution in [0.3, 0.4) is 0 Å². The molecule has 0 aliphatic heterocycles. The molecular weight excluding hydrogens is 546 g/mol. The number of halogens is 1. The number of nitrogens with zero attached hydrogens (tertiary/aromatic N) is 2. The third kappa shape index (κ3) is 8.32. The summed E-state index contributed by atoms with van der Waals surface area (Å²) in [7, 11) is -3.58. The van der Waals surface area contributed by atoms with Crippen LogP contribution < -0.4 is 9.62 Å². The van der Waals surface area contributed by atoms with Gasteiger partial charge in [0.1, 0.15) is 6.04 Å². The molecule has 40 heavy (non-hydrogen) atoms. The van der Waals surface area contributed by atoms with E-state index in [-0.39, 0.29) is 37.7 Å². The number of hydrogen-bond donors (Lipinski definition) is 1. The van der Waals surface area contributed by atoms with Gasteiger partial charge in [-0.2, -0.15) is 0 Å². The summed E-state index contributed by atoms with van der Waals surface area (Å²) in [6.45, 7) is 6.38. The Balaban J connectivity index is 1.89. The van der Waals surface area contributed by atoms with Crippen molar-refractivity contribution < 1.29 is 18.0 Å². The first-order valence-electron chi connectivity index (χ1n) is 13.4. The van der Waals surface area contributed by atoms with Crippen molar-refractivity contribution in [1.29, 1.82) is 0 Å². The highest BCUT2D eigenvalue weighted by atomic mass is 35.5. The SMILES string of the molecule is CCNC(=O)[C@@H](Cc1ccccc1)N(Cc1ccccc1Cl)C(=O)CCCN(c1cccc(C)c1C)S(C)(=O)=O. The van der Waals surface area contributed by atoms with Gasteiger partial charge in [0.25, 0.3) is 0 Å². The van der Waals surface area contributed by atoms with Crippen LogP contribution in [-0.4, -0.2) is 50.5 Å².